The first kappa shape index (κ1) is 15.7. The number of halogens is 1. The van der Waals surface area contributed by atoms with Crippen LogP contribution in [0.25, 0.3) is 0 Å². The van der Waals surface area contributed by atoms with Crippen LogP contribution in [0, 0.1) is 16.7 Å². The number of anilines is 1. The second-order valence-corrected chi connectivity index (χ2v) is 7.98. The molecule has 0 spiro atoms. The first-order valence-electron chi connectivity index (χ1n) is 6.27. The number of thiophene rings is 1. The fourth-order valence-electron chi connectivity index (χ4n) is 1.85. The average Bonchev–Trinajstić information content (AvgIpc) is 2.73. The third kappa shape index (κ3) is 4.99. The summed E-state index contributed by atoms with van der Waals surface area (Å²) < 4.78 is 1.32. The van der Waals surface area contributed by atoms with E-state index in [4.69, 9.17) is 12.2 Å². The van der Waals surface area contributed by atoms with E-state index in [0.717, 1.165) is 24.5 Å². The van der Waals surface area contributed by atoms with Crippen LogP contribution in [-0.2, 0) is 6.42 Å². The monoisotopic (exact) mass is 417 g/mol. The van der Waals surface area contributed by atoms with E-state index in [1.54, 1.807) is 0 Å². The largest absolute Gasteiger partial charge is 0.362 e. The highest BCUT2D eigenvalue weighted by atomic mass is 127. The van der Waals surface area contributed by atoms with Gasteiger partial charge in [0.1, 0.15) is 5.82 Å². The van der Waals surface area contributed by atoms with Crippen LogP contribution in [0.1, 0.15) is 16.1 Å². The third-order valence-corrected chi connectivity index (χ3v) is 4.83. The van der Waals surface area contributed by atoms with E-state index in [-0.39, 0.29) is 0 Å². The molecule has 0 bridgehead atoms. The number of aryl methyl sites for hydroxylation is 2. The Balaban J connectivity index is 1.80. The van der Waals surface area contributed by atoms with Crippen molar-refractivity contribution < 1.29 is 0 Å². The van der Waals surface area contributed by atoms with Gasteiger partial charge in [-0.15, -0.1) is 11.3 Å². The molecule has 0 aliphatic rings. The summed E-state index contributed by atoms with van der Waals surface area (Å²) in [4.78, 5) is 5.78. The molecule has 0 aliphatic carbocycles. The molecule has 0 amide bonds. The molecule has 0 saturated carbocycles. The molecule has 0 atom stereocenters. The summed E-state index contributed by atoms with van der Waals surface area (Å²) in [6, 6.07) is 8.33. The Bertz CT molecular complexity index is 590. The molecule has 0 unspecified atom stereocenters. The SMILES string of the molecule is Cc1cc(C)nc(NC(=S)NCCc2ccc(I)s2)c1. The van der Waals surface area contributed by atoms with Gasteiger partial charge in [-0.1, -0.05) is 0 Å². The fraction of sp³-hybridized carbons (Fsp3) is 0.286. The van der Waals surface area contributed by atoms with Crippen LogP contribution in [-0.4, -0.2) is 16.6 Å². The number of hydrogen-bond donors (Lipinski definition) is 2. The van der Waals surface area contributed by atoms with Crippen molar-refractivity contribution in [2.75, 3.05) is 11.9 Å². The smallest absolute Gasteiger partial charge is 0.171 e. The van der Waals surface area contributed by atoms with Gasteiger partial charge in [-0.05, 0) is 84.9 Å². The van der Waals surface area contributed by atoms with E-state index >= 15 is 0 Å². The van der Waals surface area contributed by atoms with Crippen LogP contribution in [0.5, 0.6) is 0 Å². The van der Waals surface area contributed by atoms with Gasteiger partial charge in [-0.25, -0.2) is 4.98 Å². The van der Waals surface area contributed by atoms with Gasteiger partial charge in [0.25, 0.3) is 0 Å². The second-order valence-electron chi connectivity index (χ2n) is 4.51. The van der Waals surface area contributed by atoms with Gasteiger partial charge >= 0.3 is 0 Å². The quantitative estimate of drug-likeness (QED) is 0.585. The number of hydrogen-bond acceptors (Lipinski definition) is 3. The fourth-order valence-corrected chi connectivity index (χ4v) is 3.81. The molecule has 3 nitrogen and oxygen atoms in total. The maximum absolute atomic E-state index is 5.28. The zero-order chi connectivity index (χ0) is 14.5. The normalized spacial score (nSPS) is 10.3. The Labute approximate surface area is 142 Å². The molecule has 0 aromatic carbocycles. The van der Waals surface area contributed by atoms with Crippen molar-refractivity contribution in [3.8, 4) is 0 Å². The topological polar surface area (TPSA) is 37.0 Å². The predicted octanol–water partition coefficient (Wildman–Crippen LogP) is 3.89. The predicted molar refractivity (Wildman–Crippen MR) is 98.7 cm³/mol. The summed E-state index contributed by atoms with van der Waals surface area (Å²) in [7, 11) is 0. The van der Waals surface area contributed by atoms with Gasteiger partial charge in [0.15, 0.2) is 5.11 Å². The molecule has 2 rings (SSSR count). The molecule has 2 aromatic rings. The van der Waals surface area contributed by atoms with Crippen molar-refractivity contribution >= 4 is 57.1 Å². The summed E-state index contributed by atoms with van der Waals surface area (Å²) in [6.45, 7) is 4.86. The lowest BCUT2D eigenvalue weighted by molar-refractivity contribution is 0.884. The number of thiocarbonyl (C=S) groups is 1. The number of aromatic nitrogens is 1. The van der Waals surface area contributed by atoms with E-state index in [9.17, 15) is 0 Å². The molecule has 0 saturated heterocycles. The molecular weight excluding hydrogens is 401 g/mol. The van der Waals surface area contributed by atoms with Gasteiger partial charge in [-0.3, -0.25) is 0 Å². The lowest BCUT2D eigenvalue weighted by Crippen LogP contribution is -2.30. The Morgan fingerprint density at radius 1 is 1.35 bits per heavy atom. The van der Waals surface area contributed by atoms with Crippen LogP contribution in [0.2, 0.25) is 0 Å². The van der Waals surface area contributed by atoms with E-state index in [0.29, 0.717) is 5.11 Å². The minimum absolute atomic E-state index is 0.619. The molecule has 2 N–H and O–H groups in total. The van der Waals surface area contributed by atoms with Crippen LogP contribution < -0.4 is 10.6 Å². The van der Waals surface area contributed by atoms with Gasteiger partial charge in [0.05, 0.1) is 2.88 Å². The molecule has 6 heteroatoms. The number of rotatable bonds is 4. The van der Waals surface area contributed by atoms with Crippen molar-refractivity contribution in [3.05, 3.63) is 43.3 Å². The van der Waals surface area contributed by atoms with Gasteiger partial charge in [0.2, 0.25) is 0 Å². The van der Waals surface area contributed by atoms with E-state index < -0.39 is 0 Å². The molecule has 2 aromatic heterocycles. The number of nitrogens with one attached hydrogen (secondary N) is 2. The van der Waals surface area contributed by atoms with Crippen LogP contribution in [0.3, 0.4) is 0 Å². The van der Waals surface area contributed by atoms with Gasteiger partial charge in [-0.2, -0.15) is 0 Å². The molecule has 0 aliphatic heterocycles. The summed E-state index contributed by atoms with van der Waals surface area (Å²) >= 11 is 9.44. The van der Waals surface area contributed by atoms with Crippen molar-refractivity contribution in [2.45, 2.75) is 20.3 Å². The minimum atomic E-state index is 0.619. The second kappa shape index (κ2) is 7.33. The lowest BCUT2D eigenvalue weighted by Gasteiger charge is -2.10. The maximum atomic E-state index is 5.28. The standard InChI is InChI=1S/C14H16IN3S2/c1-9-7-10(2)17-13(8-9)18-14(19)16-6-5-11-3-4-12(15)20-11/h3-4,7-8H,5-6H2,1-2H3,(H2,16,17,18,19). The Hall–Kier alpha value is -0.730. The summed E-state index contributed by atoms with van der Waals surface area (Å²) in [5.74, 6) is 0.797. The maximum Gasteiger partial charge on any atom is 0.171 e. The zero-order valence-corrected chi connectivity index (χ0v) is 15.2. The van der Waals surface area contributed by atoms with Crippen molar-refractivity contribution in [2.24, 2.45) is 0 Å². The molecule has 0 fully saturated rings. The lowest BCUT2D eigenvalue weighted by atomic mass is 10.2. The zero-order valence-electron chi connectivity index (χ0n) is 11.4. The third-order valence-electron chi connectivity index (χ3n) is 2.63. The summed E-state index contributed by atoms with van der Waals surface area (Å²) in [5, 5.41) is 6.96. The number of nitrogens with zero attached hydrogens (tertiary/aromatic N) is 1. The van der Waals surface area contributed by atoms with Gasteiger partial charge in [0, 0.05) is 17.1 Å². The van der Waals surface area contributed by atoms with Gasteiger partial charge < -0.3 is 10.6 Å². The number of pyridine rings is 1. The van der Waals surface area contributed by atoms with Crippen molar-refractivity contribution in [1.29, 1.82) is 0 Å². The van der Waals surface area contributed by atoms with E-state index in [1.165, 1.54) is 13.3 Å². The molecule has 2 heterocycles. The van der Waals surface area contributed by atoms with Crippen LogP contribution in [0.15, 0.2) is 24.3 Å². The highest BCUT2D eigenvalue weighted by Gasteiger charge is 2.02. The molecule has 0 radical (unpaired) electrons. The van der Waals surface area contributed by atoms with E-state index in [1.807, 2.05) is 30.4 Å². The molecule has 106 valence electrons. The minimum Gasteiger partial charge on any atom is -0.362 e. The first-order chi connectivity index (χ1) is 9.52. The highest BCUT2D eigenvalue weighted by molar-refractivity contribution is 14.1. The van der Waals surface area contributed by atoms with Crippen molar-refractivity contribution in [1.82, 2.24) is 10.3 Å². The van der Waals surface area contributed by atoms with E-state index in [2.05, 4.69) is 57.3 Å². The van der Waals surface area contributed by atoms with Crippen LogP contribution in [0.4, 0.5) is 5.82 Å². The Morgan fingerprint density at radius 2 is 2.15 bits per heavy atom. The van der Waals surface area contributed by atoms with Crippen molar-refractivity contribution in [3.63, 3.8) is 0 Å². The molecular formula is C14H16IN3S2. The highest BCUT2D eigenvalue weighted by Crippen LogP contribution is 2.18. The Kier molecular flexibility index (Phi) is 5.74. The molecule has 20 heavy (non-hydrogen) atoms. The summed E-state index contributed by atoms with van der Waals surface area (Å²) in [6.07, 6.45) is 0.982. The first-order valence-corrected chi connectivity index (χ1v) is 8.57. The Morgan fingerprint density at radius 3 is 2.80 bits per heavy atom. The summed E-state index contributed by atoms with van der Waals surface area (Å²) in [5.41, 5.74) is 2.17. The average molecular weight is 417 g/mol. The van der Waals surface area contributed by atoms with Crippen LogP contribution >= 0.6 is 46.1 Å².